The molecule has 1 aliphatic heterocycles. The number of nitrogens with one attached hydrogen (secondary N) is 2. The molecule has 6 rings (SSSR count). The van der Waals surface area contributed by atoms with Gasteiger partial charge in [-0.2, -0.15) is 5.10 Å². The molecule has 2 N–H and O–H groups in total. The first kappa shape index (κ1) is 24.3. The summed E-state index contributed by atoms with van der Waals surface area (Å²) in [6.45, 7) is 2.11. The normalized spacial score (nSPS) is 16.2. The number of Topliss-reactive ketones (excluding diaryl/α,β-unsaturated/α-hetero) is 1. The summed E-state index contributed by atoms with van der Waals surface area (Å²) >= 11 is 0. The van der Waals surface area contributed by atoms with Crippen LogP contribution in [0.15, 0.2) is 55.0 Å². The maximum Gasteiger partial charge on any atom is 0.276 e. The van der Waals surface area contributed by atoms with Crippen LogP contribution >= 0.6 is 0 Å². The van der Waals surface area contributed by atoms with E-state index in [-0.39, 0.29) is 11.7 Å². The van der Waals surface area contributed by atoms with E-state index in [1.807, 2.05) is 30.6 Å². The number of nitrogens with zero attached hydrogens (tertiary/aromatic N) is 4. The number of ketones is 1. The number of hydrogen-bond acceptors (Lipinski definition) is 6. The smallest absolute Gasteiger partial charge is 0.276 e. The average molecular weight is 509 g/mol. The molecule has 0 radical (unpaired) electrons. The first-order chi connectivity index (χ1) is 18.6. The summed E-state index contributed by atoms with van der Waals surface area (Å²) in [7, 11) is 0. The molecule has 0 bridgehead atoms. The monoisotopic (exact) mass is 508 g/mol. The van der Waals surface area contributed by atoms with Crippen LogP contribution < -0.4 is 10.2 Å². The molecule has 1 saturated heterocycles. The van der Waals surface area contributed by atoms with E-state index >= 15 is 0 Å². The van der Waals surface area contributed by atoms with Crippen LogP contribution in [0.2, 0.25) is 0 Å². The number of aromatic nitrogens is 4. The molecule has 1 aliphatic carbocycles. The van der Waals surface area contributed by atoms with Crippen molar-refractivity contribution in [2.45, 2.75) is 51.4 Å². The van der Waals surface area contributed by atoms with E-state index in [9.17, 15) is 9.59 Å². The van der Waals surface area contributed by atoms with Gasteiger partial charge in [0, 0.05) is 36.7 Å². The first-order valence-corrected chi connectivity index (χ1v) is 13.6. The molecule has 38 heavy (non-hydrogen) atoms. The number of benzene rings is 1. The Kier molecular flexibility index (Phi) is 6.86. The zero-order valence-corrected chi connectivity index (χ0v) is 21.4. The maximum absolute atomic E-state index is 13.1. The topological polar surface area (TPSA) is 104 Å². The molecule has 2 aliphatic rings. The van der Waals surface area contributed by atoms with Crippen molar-refractivity contribution in [3.8, 4) is 11.1 Å². The van der Waals surface area contributed by atoms with Crippen LogP contribution in [0.5, 0.6) is 0 Å². The third-order valence-corrected chi connectivity index (χ3v) is 7.81. The Morgan fingerprint density at radius 1 is 0.921 bits per heavy atom. The fourth-order valence-corrected chi connectivity index (χ4v) is 5.68. The van der Waals surface area contributed by atoms with Gasteiger partial charge in [-0.25, -0.2) is 0 Å². The van der Waals surface area contributed by atoms with Crippen LogP contribution in [0.3, 0.4) is 0 Å². The van der Waals surface area contributed by atoms with Crippen LogP contribution in [0.1, 0.15) is 72.3 Å². The van der Waals surface area contributed by atoms with Crippen LogP contribution in [-0.4, -0.2) is 44.9 Å². The minimum absolute atomic E-state index is 0.0689. The van der Waals surface area contributed by atoms with Gasteiger partial charge in [-0.3, -0.25) is 24.7 Å². The number of fused-ring (bicyclic) bond motifs is 1. The fraction of sp³-hybridized carbons (Fsp3) is 0.367. The zero-order valence-electron chi connectivity index (χ0n) is 21.4. The zero-order chi connectivity index (χ0) is 25.9. The Bertz CT molecular complexity index is 1450. The molecule has 0 atom stereocenters. The van der Waals surface area contributed by atoms with Crippen LogP contribution in [0.4, 0.5) is 11.4 Å². The number of carbonyl (C=O) groups excluding carboxylic acids is 2. The van der Waals surface area contributed by atoms with E-state index < -0.39 is 0 Å². The summed E-state index contributed by atoms with van der Waals surface area (Å²) in [5.74, 6) is 0.212. The molecular formula is C30H32N6O2. The Balaban J connectivity index is 1.18. The standard InChI is InChI=1S/C30H32N6O2/c37-28(14-20-6-2-3-7-20)27-11-9-23(18-32-27)33-30(38)29-25-16-21(8-10-26(25)34-35-29)22-15-24(19-31-17-22)36-12-4-1-5-13-36/h8-11,15-20H,1-7,12-14H2,(H,33,38)(H,34,35). The molecule has 3 aromatic heterocycles. The number of amides is 1. The highest BCUT2D eigenvalue weighted by Crippen LogP contribution is 2.30. The van der Waals surface area contributed by atoms with Crippen molar-refractivity contribution in [3.63, 3.8) is 0 Å². The molecule has 1 saturated carbocycles. The highest BCUT2D eigenvalue weighted by atomic mass is 16.2. The van der Waals surface area contributed by atoms with Gasteiger partial charge < -0.3 is 10.2 Å². The highest BCUT2D eigenvalue weighted by Gasteiger charge is 2.21. The lowest BCUT2D eigenvalue weighted by molar-refractivity contribution is 0.0956. The Morgan fingerprint density at radius 2 is 1.76 bits per heavy atom. The molecule has 0 unspecified atom stereocenters. The van der Waals surface area contributed by atoms with E-state index in [0.29, 0.717) is 29.4 Å². The second-order valence-electron chi connectivity index (χ2n) is 10.5. The quantitative estimate of drug-likeness (QED) is 0.296. The van der Waals surface area contributed by atoms with Crippen molar-refractivity contribution < 1.29 is 9.59 Å². The number of H-pyrrole nitrogens is 1. The predicted molar refractivity (Wildman–Crippen MR) is 148 cm³/mol. The van der Waals surface area contributed by atoms with Crippen LogP contribution in [0, 0.1) is 5.92 Å². The molecule has 8 heteroatoms. The number of anilines is 2. The number of piperidine rings is 1. The lowest BCUT2D eigenvalue weighted by Crippen LogP contribution is -2.29. The van der Waals surface area contributed by atoms with E-state index in [1.54, 1.807) is 12.1 Å². The van der Waals surface area contributed by atoms with Gasteiger partial charge >= 0.3 is 0 Å². The molecule has 0 spiro atoms. The summed E-state index contributed by atoms with van der Waals surface area (Å²) in [6.07, 6.45) is 14.2. The molecule has 1 amide bonds. The van der Waals surface area contributed by atoms with E-state index in [2.05, 4.69) is 36.4 Å². The number of hydrogen-bond donors (Lipinski definition) is 2. The van der Waals surface area contributed by atoms with Gasteiger partial charge in [-0.15, -0.1) is 0 Å². The Morgan fingerprint density at radius 3 is 2.55 bits per heavy atom. The minimum atomic E-state index is -0.333. The molecule has 4 aromatic rings. The van der Waals surface area contributed by atoms with Gasteiger partial charge in [0.25, 0.3) is 5.91 Å². The first-order valence-electron chi connectivity index (χ1n) is 13.6. The van der Waals surface area contributed by atoms with Gasteiger partial charge in [-0.1, -0.05) is 31.7 Å². The summed E-state index contributed by atoms with van der Waals surface area (Å²) in [4.78, 5) is 36.9. The Labute approximate surface area is 221 Å². The van der Waals surface area contributed by atoms with Crippen molar-refractivity contribution in [2.75, 3.05) is 23.3 Å². The van der Waals surface area contributed by atoms with Gasteiger partial charge in [0.2, 0.25) is 0 Å². The lowest BCUT2D eigenvalue weighted by atomic mass is 9.99. The van der Waals surface area contributed by atoms with Gasteiger partial charge in [0.15, 0.2) is 11.5 Å². The number of pyridine rings is 2. The SMILES string of the molecule is O=C(CC1CCCC1)c1ccc(NC(=O)c2n[nH]c3ccc(-c4cncc(N5CCCCC5)c4)cc23)cn1. The van der Waals surface area contributed by atoms with Crippen LogP contribution in [0.25, 0.3) is 22.0 Å². The molecule has 2 fully saturated rings. The predicted octanol–water partition coefficient (Wildman–Crippen LogP) is 6.03. The van der Waals surface area contributed by atoms with Crippen molar-refractivity contribution in [1.82, 2.24) is 20.2 Å². The molecule has 4 heterocycles. The lowest BCUT2D eigenvalue weighted by Gasteiger charge is -2.28. The average Bonchev–Trinajstić information content (AvgIpc) is 3.63. The second-order valence-corrected chi connectivity index (χ2v) is 10.5. The summed E-state index contributed by atoms with van der Waals surface area (Å²) in [6, 6.07) is 11.5. The number of rotatable bonds is 7. The number of aromatic amines is 1. The molecule has 1 aromatic carbocycles. The fourth-order valence-electron chi connectivity index (χ4n) is 5.68. The molecule has 194 valence electrons. The summed E-state index contributed by atoms with van der Waals surface area (Å²) in [5, 5.41) is 10.9. The van der Waals surface area contributed by atoms with Crippen molar-refractivity contribution in [3.05, 3.63) is 66.4 Å². The number of carbonyl (C=O) groups is 2. The third kappa shape index (κ3) is 5.16. The third-order valence-electron chi connectivity index (χ3n) is 7.81. The van der Waals surface area contributed by atoms with Crippen molar-refractivity contribution >= 4 is 34.0 Å². The maximum atomic E-state index is 13.1. The largest absolute Gasteiger partial charge is 0.370 e. The highest BCUT2D eigenvalue weighted by molar-refractivity contribution is 6.11. The van der Waals surface area contributed by atoms with E-state index in [4.69, 9.17) is 0 Å². The van der Waals surface area contributed by atoms with Gasteiger partial charge in [0.05, 0.1) is 29.3 Å². The minimum Gasteiger partial charge on any atom is -0.370 e. The van der Waals surface area contributed by atoms with E-state index in [1.165, 1.54) is 38.3 Å². The Hall–Kier alpha value is -4.07. The van der Waals surface area contributed by atoms with Crippen molar-refractivity contribution in [1.29, 1.82) is 0 Å². The van der Waals surface area contributed by atoms with Crippen molar-refractivity contribution in [2.24, 2.45) is 5.92 Å². The summed E-state index contributed by atoms with van der Waals surface area (Å²) < 4.78 is 0. The molecule has 8 nitrogen and oxygen atoms in total. The second kappa shape index (κ2) is 10.7. The summed E-state index contributed by atoms with van der Waals surface area (Å²) in [5.41, 5.74) is 5.18. The molecular weight excluding hydrogens is 476 g/mol. The van der Waals surface area contributed by atoms with Gasteiger partial charge in [-0.05, 0) is 61.1 Å². The van der Waals surface area contributed by atoms with E-state index in [0.717, 1.165) is 53.6 Å². The van der Waals surface area contributed by atoms with Crippen LogP contribution in [-0.2, 0) is 0 Å². The van der Waals surface area contributed by atoms with Gasteiger partial charge in [0.1, 0.15) is 5.69 Å².